The summed E-state index contributed by atoms with van der Waals surface area (Å²) in [5.74, 6) is 0.0329. The van der Waals surface area contributed by atoms with Crippen LogP contribution < -0.4 is 10.2 Å². The van der Waals surface area contributed by atoms with Crippen molar-refractivity contribution in [2.75, 3.05) is 18.0 Å². The molecule has 0 radical (unpaired) electrons. The van der Waals surface area contributed by atoms with Crippen LogP contribution in [-0.4, -0.2) is 30.8 Å². The molecule has 1 spiro atoms. The van der Waals surface area contributed by atoms with Crippen LogP contribution in [-0.2, 0) is 14.9 Å². The lowest BCUT2D eigenvalue weighted by Crippen LogP contribution is -2.56. The molecular weight excluding hydrogens is 288 g/mol. The van der Waals surface area contributed by atoms with Crippen molar-refractivity contribution in [1.29, 1.82) is 0 Å². The van der Waals surface area contributed by atoms with Crippen molar-refractivity contribution in [2.24, 2.45) is 0 Å². The van der Waals surface area contributed by atoms with E-state index in [1.807, 2.05) is 23.1 Å². The van der Waals surface area contributed by atoms with E-state index >= 15 is 0 Å². The smallest absolute Gasteiger partial charge is 0.226 e. The Balaban J connectivity index is 1.81. The van der Waals surface area contributed by atoms with Gasteiger partial charge in [0.05, 0.1) is 17.2 Å². The van der Waals surface area contributed by atoms with Crippen LogP contribution in [0.25, 0.3) is 0 Å². The summed E-state index contributed by atoms with van der Waals surface area (Å²) < 4.78 is 6.35. The average molecular weight is 310 g/mol. The third-order valence-electron chi connectivity index (χ3n) is 5.43. The highest BCUT2D eigenvalue weighted by Gasteiger charge is 2.69. The van der Waals surface area contributed by atoms with Gasteiger partial charge in [-0.2, -0.15) is 0 Å². The second kappa shape index (κ2) is 5.05. The lowest BCUT2D eigenvalue weighted by Gasteiger charge is -2.41. The molecule has 3 aliphatic rings. The summed E-state index contributed by atoms with van der Waals surface area (Å²) in [4.78, 5) is 14.3. The molecule has 1 aromatic rings. The summed E-state index contributed by atoms with van der Waals surface area (Å²) >= 11 is 0. The Bertz CT molecular complexity index is 698. The topological polar surface area (TPSA) is 41.6 Å². The van der Waals surface area contributed by atoms with Gasteiger partial charge in [0.2, 0.25) is 5.91 Å². The second-order valence-corrected chi connectivity index (χ2v) is 6.61. The Hall–Kier alpha value is -1.91. The Labute approximate surface area is 136 Å². The lowest BCUT2D eigenvalue weighted by molar-refractivity contribution is -0.121. The molecule has 1 N–H and O–H groups in total. The van der Waals surface area contributed by atoms with E-state index in [4.69, 9.17) is 4.74 Å². The first kappa shape index (κ1) is 14.7. The predicted octanol–water partition coefficient (Wildman–Crippen LogP) is 2.51. The van der Waals surface area contributed by atoms with Crippen LogP contribution >= 0.6 is 0 Å². The van der Waals surface area contributed by atoms with Gasteiger partial charge in [-0.15, -0.1) is 6.58 Å². The molecule has 0 aromatic heterocycles. The van der Waals surface area contributed by atoms with Crippen molar-refractivity contribution in [1.82, 2.24) is 5.32 Å². The first-order valence-electron chi connectivity index (χ1n) is 8.24. The van der Waals surface area contributed by atoms with Gasteiger partial charge in [0, 0.05) is 13.5 Å². The molecule has 1 saturated heterocycles. The summed E-state index contributed by atoms with van der Waals surface area (Å²) in [6.45, 7) is 7.04. The van der Waals surface area contributed by atoms with Crippen molar-refractivity contribution in [3.8, 4) is 0 Å². The van der Waals surface area contributed by atoms with E-state index in [-0.39, 0.29) is 17.4 Å². The molecule has 0 saturated carbocycles. The first-order chi connectivity index (χ1) is 11.1. The van der Waals surface area contributed by atoms with Gasteiger partial charge in [0.1, 0.15) is 0 Å². The minimum Gasteiger partial charge on any atom is -0.343 e. The SMILES string of the molecule is C=CCNCCC12CC3C=CC1(O3)N(C(C)=O)c1ccccc12. The van der Waals surface area contributed by atoms with Crippen molar-refractivity contribution >= 4 is 11.6 Å². The molecule has 3 aliphatic heterocycles. The van der Waals surface area contributed by atoms with Gasteiger partial charge in [-0.3, -0.25) is 9.69 Å². The van der Waals surface area contributed by atoms with Crippen molar-refractivity contribution in [2.45, 2.75) is 37.0 Å². The normalized spacial score (nSPS) is 32.9. The van der Waals surface area contributed by atoms with Crippen LogP contribution in [0.15, 0.2) is 49.1 Å². The van der Waals surface area contributed by atoms with Crippen LogP contribution in [0.5, 0.6) is 0 Å². The molecular formula is C19H22N2O2. The maximum absolute atomic E-state index is 12.4. The average Bonchev–Trinajstić information content (AvgIpc) is 3.15. The number of hydrogen-bond donors (Lipinski definition) is 1. The van der Waals surface area contributed by atoms with Crippen molar-refractivity contribution in [3.05, 3.63) is 54.6 Å². The standard InChI is InChI=1S/C19H22N2O2/c1-3-11-20-12-10-18-13-15-8-9-19(18,23-15)21(14(2)22)17-7-5-4-6-16(17)18/h3-9,15,20H,1,10-13H2,2H3. The number of hydrogen-bond acceptors (Lipinski definition) is 3. The number of fused-ring (bicyclic) bond motifs is 3. The summed E-state index contributed by atoms with van der Waals surface area (Å²) in [6.07, 6.45) is 8.05. The third-order valence-corrected chi connectivity index (χ3v) is 5.43. The van der Waals surface area contributed by atoms with Crippen LogP contribution in [0.1, 0.15) is 25.3 Å². The van der Waals surface area contributed by atoms with E-state index in [1.165, 1.54) is 5.56 Å². The first-order valence-corrected chi connectivity index (χ1v) is 8.24. The zero-order valence-corrected chi connectivity index (χ0v) is 13.4. The van der Waals surface area contributed by atoms with E-state index in [2.05, 4.69) is 36.2 Å². The van der Waals surface area contributed by atoms with Gasteiger partial charge < -0.3 is 10.1 Å². The number of anilines is 1. The van der Waals surface area contributed by atoms with Crippen LogP contribution in [0, 0.1) is 0 Å². The number of carbonyl (C=O) groups excluding carboxylic acids is 1. The van der Waals surface area contributed by atoms with E-state index in [0.29, 0.717) is 0 Å². The number of ether oxygens (including phenoxy) is 1. The fourth-order valence-corrected chi connectivity index (χ4v) is 4.64. The van der Waals surface area contributed by atoms with Crippen LogP contribution in [0.4, 0.5) is 5.69 Å². The molecule has 1 aromatic carbocycles. The molecule has 2 bridgehead atoms. The zero-order valence-electron chi connectivity index (χ0n) is 13.4. The van der Waals surface area contributed by atoms with Gasteiger partial charge in [0.25, 0.3) is 0 Å². The summed E-state index contributed by atoms with van der Waals surface area (Å²) in [5.41, 5.74) is 1.42. The summed E-state index contributed by atoms with van der Waals surface area (Å²) in [5, 5.41) is 3.40. The van der Waals surface area contributed by atoms with Gasteiger partial charge in [-0.1, -0.05) is 30.4 Å². The number of nitrogens with zero attached hydrogens (tertiary/aromatic N) is 1. The minimum atomic E-state index is -0.650. The molecule has 0 aliphatic carbocycles. The fourth-order valence-electron chi connectivity index (χ4n) is 4.64. The Kier molecular flexibility index (Phi) is 3.22. The Morgan fingerprint density at radius 3 is 3.09 bits per heavy atom. The molecule has 4 rings (SSSR count). The molecule has 3 unspecified atom stereocenters. The van der Waals surface area contributed by atoms with E-state index in [1.54, 1.807) is 6.92 Å². The maximum atomic E-state index is 12.4. The number of nitrogens with one attached hydrogen (secondary N) is 1. The highest BCUT2D eigenvalue weighted by Crippen LogP contribution is 2.63. The quantitative estimate of drug-likeness (QED) is 0.671. The van der Waals surface area contributed by atoms with Gasteiger partial charge in [0.15, 0.2) is 5.72 Å². The minimum absolute atomic E-state index is 0.0329. The molecule has 3 atom stereocenters. The highest BCUT2D eigenvalue weighted by atomic mass is 16.5. The van der Waals surface area contributed by atoms with E-state index in [9.17, 15) is 4.79 Å². The maximum Gasteiger partial charge on any atom is 0.226 e. The molecule has 23 heavy (non-hydrogen) atoms. The molecule has 4 nitrogen and oxygen atoms in total. The number of amides is 1. The molecule has 1 amide bonds. The number of benzene rings is 1. The van der Waals surface area contributed by atoms with Gasteiger partial charge >= 0.3 is 0 Å². The van der Waals surface area contributed by atoms with Crippen LogP contribution in [0.3, 0.4) is 0 Å². The van der Waals surface area contributed by atoms with Crippen LogP contribution in [0.2, 0.25) is 0 Å². The van der Waals surface area contributed by atoms with Crippen molar-refractivity contribution < 1.29 is 9.53 Å². The predicted molar refractivity (Wildman–Crippen MR) is 90.3 cm³/mol. The largest absolute Gasteiger partial charge is 0.343 e. The number of para-hydroxylation sites is 1. The van der Waals surface area contributed by atoms with E-state index in [0.717, 1.165) is 31.6 Å². The zero-order chi connectivity index (χ0) is 16.1. The monoisotopic (exact) mass is 310 g/mol. The third kappa shape index (κ3) is 1.76. The molecule has 1 fully saturated rings. The number of carbonyl (C=O) groups is 1. The Morgan fingerprint density at radius 1 is 1.52 bits per heavy atom. The molecule has 4 heteroatoms. The van der Waals surface area contributed by atoms with E-state index < -0.39 is 5.72 Å². The summed E-state index contributed by atoms with van der Waals surface area (Å²) in [7, 11) is 0. The molecule has 3 heterocycles. The van der Waals surface area contributed by atoms with Crippen molar-refractivity contribution in [3.63, 3.8) is 0 Å². The molecule has 120 valence electrons. The van der Waals surface area contributed by atoms with Gasteiger partial charge in [-0.05, 0) is 37.1 Å². The Morgan fingerprint density at radius 2 is 2.35 bits per heavy atom. The number of rotatable bonds is 5. The fraction of sp³-hybridized carbons (Fsp3) is 0.421. The lowest BCUT2D eigenvalue weighted by atomic mass is 9.68. The highest BCUT2D eigenvalue weighted by molar-refractivity contribution is 5.97. The van der Waals surface area contributed by atoms with Gasteiger partial charge in [-0.25, -0.2) is 0 Å². The second-order valence-electron chi connectivity index (χ2n) is 6.61. The summed E-state index contributed by atoms with van der Waals surface area (Å²) in [6, 6.07) is 8.25.